The maximum absolute atomic E-state index is 5.21. The molecule has 0 radical (unpaired) electrons. The summed E-state index contributed by atoms with van der Waals surface area (Å²) in [5, 5.41) is 0. The minimum absolute atomic E-state index is 0.0338. The van der Waals surface area contributed by atoms with Gasteiger partial charge in [0.2, 0.25) is 0 Å². The van der Waals surface area contributed by atoms with E-state index in [1.165, 1.54) is 51.8 Å². The first kappa shape index (κ1) is 20.6. The molecule has 0 aliphatic rings. The number of unbranched alkanes of at least 4 members (excludes halogenated alkanes) is 3. The third-order valence-electron chi connectivity index (χ3n) is 3.54. The van der Waals surface area contributed by atoms with Crippen LogP contribution in [0, 0.1) is 0 Å². The molecule has 0 atom stereocenters. The molecule has 0 aromatic rings. The molecule has 0 spiro atoms. The van der Waals surface area contributed by atoms with Crippen LogP contribution in [0.1, 0.15) is 80.1 Å². The minimum atomic E-state index is -2.30. The summed E-state index contributed by atoms with van der Waals surface area (Å²) in [7, 11) is 0. The van der Waals surface area contributed by atoms with Crippen LogP contribution in [0.3, 0.4) is 0 Å². The van der Waals surface area contributed by atoms with E-state index < -0.39 is 18.7 Å². The molecular formula is C16H36N2SSn. The van der Waals surface area contributed by atoms with E-state index in [0.29, 0.717) is 0 Å². The van der Waals surface area contributed by atoms with Gasteiger partial charge in [-0.15, -0.1) is 0 Å². The molecule has 0 heterocycles. The van der Waals surface area contributed by atoms with E-state index in [1.807, 2.05) is 0 Å². The van der Waals surface area contributed by atoms with Crippen LogP contribution < -0.4 is 0 Å². The molecule has 0 aromatic carbocycles. The second kappa shape index (κ2) is 11.2. The van der Waals surface area contributed by atoms with Gasteiger partial charge in [0.05, 0.1) is 0 Å². The SMILES string of the molecule is CCC[CH2][Sn]([CH2]CCC)([CH2]CCC)[N]=S=NC(C)(C)C. The zero-order valence-electron chi connectivity index (χ0n) is 14.7. The molecule has 0 bridgehead atoms. The number of hydrogen-bond donors (Lipinski definition) is 0. The van der Waals surface area contributed by atoms with Gasteiger partial charge in [-0.2, -0.15) is 0 Å². The van der Waals surface area contributed by atoms with Gasteiger partial charge in [-0.3, -0.25) is 0 Å². The van der Waals surface area contributed by atoms with Crippen molar-refractivity contribution in [3.05, 3.63) is 0 Å². The van der Waals surface area contributed by atoms with Crippen molar-refractivity contribution in [2.45, 2.75) is 98.9 Å². The Hall–Kier alpha value is 0.619. The van der Waals surface area contributed by atoms with Gasteiger partial charge in [0.25, 0.3) is 0 Å². The van der Waals surface area contributed by atoms with Crippen molar-refractivity contribution < 1.29 is 0 Å². The first-order valence-electron chi connectivity index (χ1n) is 8.49. The summed E-state index contributed by atoms with van der Waals surface area (Å²) in [5.41, 5.74) is 0.0338. The van der Waals surface area contributed by atoms with Crippen molar-refractivity contribution in [3.8, 4) is 0 Å². The molecule has 0 aromatic heterocycles. The van der Waals surface area contributed by atoms with Gasteiger partial charge in [0.15, 0.2) is 0 Å². The average Bonchev–Trinajstić information content (AvgIpc) is 2.38. The average molecular weight is 407 g/mol. The molecule has 0 aliphatic carbocycles. The molecule has 0 saturated heterocycles. The summed E-state index contributed by atoms with van der Waals surface area (Å²) in [6.45, 7) is 13.4. The zero-order chi connectivity index (χ0) is 15.5. The van der Waals surface area contributed by atoms with Crippen LogP contribution >= 0.6 is 0 Å². The van der Waals surface area contributed by atoms with Gasteiger partial charge in [-0.05, 0) is 0 Å². The van der Waals surface area contributed by atoms with Gasteiger partial charge < -0.3 is 0 Å². The maximum atomic E-state index is 5.21. The second-order valence-corrected chi connectivity index (χ2v) is 20.3. The number of hydrogen-bond acceptors (Lipinski definition) is 2. The third kappa shape index (κ3) is 10.4. The molecule has 0 unspecified atom stereocenters. The second-order valence-electron chi connectivity index (χ2n) is 6.97. The molecule has 4 heteroatoms. The number of rotatable bonds is 10. The van der Waals surface area contributed by atoms with E-state index >= 15 is 0 Å². The number of nitrogens with zero attached hydrogens (tertiary/aromatic N) is 2. The van der Waals surface area contributed by atoms with Crippen molar-refractivity contribution in [1.82, 2.24) is 0 Å². The molecule has 120 valence electrons. The molecule has 20 heavy (non-hydrogen) atoms. The van der Waals surface area contributed by atoms with Crippen molar-refractivity contribution in [2.75, 3.05) is 0 Å². The summed E-state index contributed by atoms with van der Waals surface area (Å²) in [5.74, 6) is 0. The quantitative estimate of drug-likeness (QED) is 0.366. The Morgan fingerprint density at radius 2 is 1.20 bits per heavy atom. The Morgan fingerprint density at radius 3 is 1.50 bits per heavy atom. The fourth-order valence-corrected chi connectivity index (χ4v) is 18.0. The van der Waals surface area contributed by atoms with Gasteiger partial charge in [-0.25, -0.2) is 0 Å². The van der Waals surface area contributed by atoms with E-state index in [9.17, 15) is 0 Å². The molecule has 0 rings (SSSR count). The molecule has 0 saturated carbocycles. The Kier molecular flexibility index (Phi) is 11.6. The molecular weight excluding hydrogens is 371 g/mol. The monoisotopic (exact) mass is 408 g/mol. The van der Waals surface area contributed by atoms with Crippen LogP contribution in [0.15, 0.2) is 6.95 Å². The Morgan fingerprint density at radius 1 is 0.800 bits per heavy atom. The predicted molar refractivity (Wildman–Crippen MR) is 96.9 cm³/mol. The van der Waals surface area contributed by atoms with Gasteiger partial charge in [-0.1, -0.05) is 0 Å². The van der Waals surface area contributed by atoms with Crippen LogP contribution in [0.2, 0.25) is 13.3 Å². The Bertz CT molecular complexity index is 282. The van der Waals surface area contributed by atoms with Gasteiger partial charge in [0, 0.05) is 0 Å². The van der Waals surface area contributed by atoms with E-state index in [1.54, 1.807) is 11.4 Å². The molecule has 0 N–H and O–H groups in total. The first-order chi connectivity index (χ1) is 9.39. The van der Waals surface area contributed by atoms with Crippen LogP contribution in [-0.4, -0.2) is 24.2 Å². The Balaban J connectivity index is 5.07. The summed E-state index contributed by atoms with van der Waals surface area (Å²) in [6, 6.07) is 0. The van der Waals surface area contributed by atoms with Gasteiger partial charge in [0.1, 0.15) is 0 Å². The third-order valence-corrected chi connectivity index (χ3v) is 19.6. The fourth-order valence-electron chi connectivity index (χ4n) is 2.26. The van der Waals surface area contributed by atoms with Crippen molar-refractivity contribution in [2.24, 2.45) is 6.95 Å². The molecule has 0 amide bonds. The standard InChI is InChI=1S/C4H9N2S.3C4H9.Sn/c1-4(2,3)6-7-5;3*1-3-4-2;/h1-3H3;3*1,3-4H2,2H3;/q-1;;;;+1. The van der Waals surface area contributed by atoms with Crippen molar-refractivity contribution in [3.63, 3.8) is 0 Å². The van der Waals surface area contributed by atoms with Crippen LogP contribution in [0.5, 0.6) is 0 Å². The van der Waals surface area contributed by atoms with E-state index in [2.05, 4.69) is 45.9 Å². The van der Waals surface area contributed by atoms with Crippen LogP contribution in [-0.2, 0) is 11.4 Å². The molecule has 0 fully saturated rings. The zero-order valence-corrected chi connectivity index (χ0v) is 18.3. The summed E-state index contributed by atoms with van der Waals surface area (Å²) < 4.78 is 14.2. The van der Waals surface area contributed by atoms with E-state index in [-0.39, 0.29) is 5.54 Å². The van der Waals surface area contributed by atoms with Crippen LogP contribution in [0.25, 0.3) is 0 Å². The van der Waals surface area contributed by atoms with Crippen molar-refractivity contribution >= 4 is 30.0 Å². The van der Waals surface area contributed by atoms with Gasteiger partial charge >= 0.3 is 136 Å². The first-order valence-corrected chi connectivity index (χ1v) is 16.6. The normalized spacial score (nSPS) is 12.3. The summed E-state index contributed by atoms with van der Waals surface area (Å²) in [4.78, 5) is 0. The molecule has 0 aliphatic heterocycles. The topological polar surface area (TPSA) is 24.7 Å². The summed E-state index contributed by atoms with van der Waals surface area (Å²) >= 11 is -0.738. The van der Waals surface area contributed by atoms with Crippen LogP contribution in [0.4, 0.5) is 0 Å². The summed E-state index contributed by atoms with van der Waals surface area (Å²) in [6.07, 6.45) is 8.07. The fraction of sp³-hybridized carbons (Fsp3) is 1.00. The van der Waals surface area contributed by atoms with Crippen molar-refractivity contribution in [1.29, 1.82) is 0 Å². The molecule has 2 nitrogen and oxygen atoms in total. The predicted octanol–water partition coefficient (Wildman–Crippen LogP) is 6.58. The Labute approximate surface area is 135 Å². The van der Waals surface area contributed by atoms with E-state index in [0.717, 1.165) is 0 Å². The van der Waals surface area contributed by atoms with E-state index in [4.69, 9.17) is 2.58 Å².